The van der Waals surface area contributed by atoms with Crippen molar-refractivity contribution in [1.29, 1.82) is 0 Å². The van der Waals surface area contributed by atoms with Crippen molar-refractivity contribution < 1.29 is 14.7 Å². The van der Waals surface area contributed by atoms with Gasteiger partial charge in [-0.15, -0.1) is 0 Å². The summed E-state index contributed by atoms with van der Waals surface area (Å²) in [5.74, 6) is -1.24. The number of carboxylic acid groups (broad SMARTS) is 1. The first-order chi connectivity index (χ1) is 8.45. The van der Waals surface area contributed by atoms with Gasteiger partial charge in [-0.05, 0) is 44.2 Å². The number of nitrogens with one attached hydrogen (secondary N) is 1. The van der Waals surface area contributed by atoms with Crippen LogP contribution in [0, 0.1) is 12.8 Å². The van der Waals surface area contributed by atoms with Crippen LogP contribution in [-0.4, -0.2) is 22.5 Å². The largest absolute Gasteiger partial charge is 0.480 e. The predicted octanol–water partition coefficient (Wildman–Crippen LogP) is 1.98. The number of benzene rings is 1. The van der Waals surface area contributed by atoms with E-state index in [1.54, 1.807) is 19.1 Å². The van der Waals surface area contributed by atoms with Crippen LogP contribution >= 0.6 is 0 Å². The highest BCUT2D eigenvalue weighted by Crippen LogP contribution is 2.39. The van der Waals surface area contributed by atoms with Gasteiger partial charge >= 0.3 is 5.97 Å². The fraction of sp³-hybridized carbons (Fsp3) is 0.429. The molecule has 0 bridgehead atoms. The summed E-state index contributed by atoms with van der Waals surface area (Å²) in [6.45, 7) is 3.42. The number of aliphatic carboxylic acids is 1. The molecule has 1 aliphatic carbocycles. The molecular weight excluding hydrogens is 230 g/mol. The topological polar surface area (TPSA) is 66.4 Å². The molecule has 0 heterocycles. The molecule has 0 spiro atoms. The van der Waals surface area contributed by atoms with E-state index in [1.807, 2.05) is 19.1 Å². The van der Waals surface area contributed by atoms with E-state index >= 15 is 0 Å². The molecule has 96 valence electrons. The van der Waals surface area contributed by atoms with Gasteiger partial charge in [0.2, 0.25) is 0 Å². The Hall–Kier alpha value is -1.84. The SMILES string of the molecule is Cc1ccccc1C(=O)NC(C)(C(=O)O)C1CC1. The number of carbonyl (C=O) groups excluding carboxylic acids is 1. The standard InChI is InChI=1S/C14H17NO3/c1-9-5-3-4-6-11(9)12(16)15-14(2,13(17)18)10-7-8-10/h3-6,10H,7-8H2,1-2H3,(H,15,16)(H,17,18). The second-order valence-corrected chi connectivity index (χ2v) is 5.05. The Morgan fingerprint density at radius 3 is 2.44 bits per heavy atom. The van der Waals surface area contributed by atoms with Crippen LogP contribution in [0.1, 0.15) is 35.7 Å². The number of carboxylic acids is 1. The number of aryl methyl sites for hydroxylation is 1. The van der Waals surface area contributed by atoms with E-state index in [2.05, 4.69) is 5.32 Å². The van der Waals surface area contributed by atoms with Crippen molar-refractivity contribution >= 4 is 11.9 Å². The Balaban J connectivity index is 2.20. The fourth-order valence-corrected chi connectivity index (χ4v) is 2.12. The van der Waals surface area contributed by atoms with E-state index in [9.17, 15) is 14.7 Å². The quantitative estimate of drug-likeness (QED) is 0.855. The minimum Gasteiger partial charge on any atom is -0.480 e. The summed E-state index contributed by atoms with van der Waals surface area (Å²) >= 11 is 0. The van der Waals surface area contributed by atoms with Crippen molar-refractivity contribution in [1.82, 2.24) is 5.32 Å². The van der Waals surface area contributed by atoms with Gasteiger partial charge in [0.05, 0.1) is 0 Å². The van der Waals surface area contributed by atoms with Crippen molar-refractivity contribution in [2.24, 2.45) is 5.92 Å². The third-order valence-electron chi connectivity index (χ3n) is 3.60. The third-order valence-corrected chi connectivity index (χ3v) is 3.60. The molecule has 1 aliphatic rings. The molecule has 4 heteroatoms. The fourth-order valence-electron chi connectivity index (χ4n) is 2.12. The van der Waals surface area contributed by atoms with Crippen molar-refractivity contribution in [2.75, 3.05) is 0 Å². The summed E-state index contributed by atoms with van der Waals surface area (Å²) in [7, 11) is 0. The van der Waals surface area contributed by atoms with Crippen LogP contribution in [0.2, 0.25) is 0 Å². The van der Waals surface area contributed by atoms with Crippen LogP contribution in [0.25, 0.3) is 0 Å². The molecule has 0 radical (unpaired) electrons. The Morgan fingerprint density at radius 1 is 1.33 bits per heavy atom. The zero-order chi connectivity index (χ0) is 13.3. The lowest BCUT2D eigenvalue weighted by Gasteiger charge is -2.26. The zero-order valence-corrected chi connectivity index (χ0v) is 10.6. The summed E-state index contributed by atoms with van der Waals surface area (Å²) in [5, 5.41) is 12.0. The molecule has 1 aromatic carbocycles. The molecule has 2 rings (SSSR count). The van der Waals surface area contributed by atoms with Crippen molar-refractivity contribution in [2.45, 2.75) is 32.2 Å². The average molecular weight is 247 g/mol. The molecule has 1 atom stereocenters. The van der Waals surface area contributed by atoms with Crippen LogP contribution in [0.4, 0.5) is 0 Å². The summed E-state index contributed by atoms with van der Waals surface area (Å²) in [4.78, 5) is 23.5. The highest BCUT2D eigenvalue weighted by Gasteiger charge is 2.48. The molecular formula is C14H17NO3. The molecule has 2 N–H and O–H groups in total. The Kier molecular flexibility index (Phi) is 3.11. The summed E-state index contributed by atoms with van der Waals surface area (Å²) in [6, 6.07) is 7.17. The van der Waals surface area contributed by atoms with Gasteiger partial charge in [-0.3, -0.25) is 4.79 Å². The molecule has 1 fully saturated rings. The van der Waals surface area contributed by atoms with Gasteiger partial charge in [0.1, 0.15) is 5.54 Å². The van der Waals surface area contributed by atoms with E-state index in [0.29, 0.717) is 5.56 Å². The van der Waals surface area contributed by atoms with Crippen LogP contribution in [0.15, 0.2) is 24.3 Å². The van der Waals surface area contributed by atoms with E-state index in [1.165, 1.54) is 0 Å². The Bertz CT molecular complexity index is 494. The summed E-state index contributed by atoms with van der Waals surface area (Å²) < 4.78 is 0. The van der Waals surface area contributed by atoms with E-state index in [-0.39, 0.29) is 11.8 Å². The molecule has 4 nitrogen and oxygen atoms in total. The maximum absolute atomic E-state index is 12.1. The first-order valence-electron chi connectivity index (χ1n) is 6.06. The molecule has 1 aromatic rings. The lowest BCUT2D eigenvalue weighted by Crippen LogP contribution is -2.54. The first kappa shape index (κ1) is 12.6. The average Bonchev–Trinajstić information content (AvgIpc) is 3.13. The van der Waals surface area contributed by atoms with Gasteiger partial charge in [0, 0.05) is 5.56 Å². The number of hydrogen-bond acceptors (Lipinski definition) is 2. The van der Waals surface area contributed by atoms with Crippen LogP contribution < -0.4 is 5.32 Å². The molecule has 0 aliphatic heterocycles. The maximum Gasteiger partial charge on any atom is 0.329 e. The van der Waals surface area contributed by atoms with E-state index in [0.717, 1.165) is 18.4 Å². The lowest BCUT2D eigenvalue weighted by molar-refractivity contribution is -0.144. The van der Waals surface area contributed by atoms with Gasteiger partial charge in [0.25, 0.3) is 5.91 Å². The molecule has 1 saturated carbocycles. The normalized spacial score (nSPS) is 17.9. The monoisotopic (exact) mass is 247 g/mol. The smallest absolute Gasteiger partial charge is 0.329 e. The Morgan fingerprint density at radius 2 is 1.94 bits per heavy atom. The number of rotatable bonds is 4. The minimum absolute atomic E-state index is 0.0444. The Labute approximate surface area is 106 Å². The van der Waals surface area contributed by atoms with Crippen molar-refractivity contribution in [3.05, 3.63) is 35.4 Å². The summed E-state index contributed by atoms with van der Waals surface area (Å²) in [5.41, 5.74) is 0.225. The second-order valence-electron chi connectivity index (χ2n) is 5.05. The zero-order valence-electron chi connectivity index (χ0n) is 10.6. The first-order valence-corrected chi connectivity index (χ1v) is 6.06. The molecule has 0 saturated heterocycles. The summed E-state index contributed by atoms with van der Waals surface area (Å²) in [6.07, 6.45) is 1.72. The van der Waals surface area contributed by atoms with Gasteiger partial charge in [-0.2, -0.15) is 0 Å². The maximum atomic E-state index is 12.1. The van der Waals surface area contributed by atoms with Crippen molar-refractivity contribution in [3.8, 4) is 0 Å². The van der Waals surface area contributed by atoms with Crippen LogP contribution in [0.5, 0.6) is 0 Å². The van der Waals surface area contributed by atoms with Crippen molar-refractivity contribution in [3.63, 3.8) is 0 Å². The third kappa shape index (κ3) is 2.23. The second kappa shape index (κ2) is 4.44. The molecule has 0 aromatic heterocycles. The van der Waals surface area contributed by atoms with Crippen LogP contribution in [-0.2, 0) is 4.79 Å². The molecule has 1 amide bonds. The number of amides is 1. The minimum atomic E-state index is -1.15. The molecule has 18 heavy (non-hydrogen) atoms. The van der Waals surface area contributed by atoms with Crippen LogP contribution in [0.3, 0.4) is 0 Å². The number of carbonyl (C=O) groups is 2. The predicted molar refractivity (Wildman–Crippen MR) is 67.4 cm³/mol. The molecule has 1 unspecified atom stereocenters. The van der Waals surface area contributed by atoms with Gasteiger partial charge < -0.3 is 10.4 Å². The van der Waals surface area contributed by atoms with Gasteiger partial charge in [0.15, 0.2) is 0 Å². The van der Waals surface area contributed by atoms with Gasteiger partial charge in [-0.25, -0.2) is 4.79 Å². The van der Waals surface area contributed by atoms with E-state index < -0.39 is 11.5 Å². The highest BCUT2D eigenvalue weighted by molar-refractivity contribution is 5.99. The lowest BCUT2D eigenvalue weighted by atomic mass is 9.95. The van der Waals surface area contributed by atoms with Gasteiger partial charge in [-0.1, -0.05) is 18.2 Å². The highest BCUT2D eigenvalue weighted by atomic mass is 16.4. The van der Waals surface area contributed by atoms with E-state index in [4.69, 9.17) is 0 Å². The number of hydrogen-bond donors (Lipinski definition) is 2.